The highest BCUT2D eigenvalue weighted by Gasteiger charge is 2.39. The number of carbonyl (C=O) groups is 2. The van der Waals surface area contributed by atoms with Crippen LogP contribution in [0.4, 0.5) is 5.69 Å². The van der Waals surface area contributed by atoms with Crippen molar-refractivity contribution in [3.63, 3.8) is 0 Å². The minimum Gasteiger partial charge on any atom is -0.355 e. The van der Waals surface area contributed by atoms with Gasteiger partial charge in [-0.05, 0) is 37.6 Å². The van der Waals surface area contributed by atoms with Gasteiger partial charge in [0.1, 0.15) is 0 Å². The molecule has 21 heavy (non-hydrogen) atoms. The van der Waals surface area contributed by atoms with Gasteiger partial charge in [0.2, 0.25) is 5.91 Å². The SMILES string of the molecule is CCC1(C(=O)Nc2ccc(Cl)c(C(=O)NC)c2)CCNC1. The second-order valence-corrected chi connectivity index (χ2v) is 5.70. The number of amides is 2. The van der Waals surface area contributed by atoms with E-state index in [9.17, 15) is 9.59 Å². The Bertz CT molecular complexity index is 554. The standard InChI is InChI=1S/C15H20ClN3O2/c1-3-15(6-7-18-9-15)14(21)19-10-4-5-12(16)11(8-10)13(20)17-2/h4-5,8,18H,3,6-7,9H2,1-2H3,(H,17,20)(H,19,21). The first-order valence-corrected chi connectivity index (χ1v) is 7.44. The molecule has 0 saturated carbocycles. The van der Waals surface area contributed by atoms with Crippen molar-refractivity contribution in [3.05, 3.63) is 28.8 Å². The summed E-state index contributed by atoms with van der Waals surface area (Å²) in [5.74, 6) is -0.288. The highest BCUT2D eigenvalue weighted by atomic mass is 35.5. The molecular weight excluding hydrogens is 290 g/mol. The number of carbonyl (C=O) groups excluding carboxylic acids is 2. The lowest BCUT2D eigenvalue weighted by Crippen LogP contribution is -2.37. The van der Waals surface area contributed by atoms with Crippen molar-refractivity contribution in [1.82, 2.24) is 10.6 Å². The molecule has 1 aromatic carbocycles. The predicted molar refractivity (Wildman–Crippen MR) is 83.7 cm³/mol. The van der Waals surface area contributed by atoms with Crippen LogP contribution in [0.2, 0.25) is 5.02 Å². The highest BCUT2D eigenvalue weighted by Crippen LogP contribution is 2.31. The normalized spacial score (nSPS) is 21.1. The van der Waals surface area contributed by atoms with Gasteiger partial charge in [-0.2, -0.15) is 0 Å². The lowest BCUT2D eigenvalue weighted by atomic mass is 9.83. The lowest BCUT2D eigenvalue weighted by molar-refractivity contribution is -0.124. The fraction of sp³-hybridized carbons (Fsp3) is 0.467. The second kappa shape index (κ2) is 6.45. The van der Waals surface area contributed by atoms with E-state index in [0.29, 0.717) is 22.8 Å². The number of anilines is 1. The zero-order valence-corrected chi connectivity index (χ0v) is 13.0. The third kappa shape index (κ3) is 3.19. The average Bonchev–Trinajstić information content (AvgIpc) is 2.98. The van der Waals surface area contributed by atoms with Gasteiger partial charge in [-0.25, -0.2) is 0 Å². The zero-order chi connectivity index (χ0) is 15.5. The molecule has 1 heterocycles. The molecule has 0 radical (unpaired) electrons. The first-order chi connectivity index (χ1) is 10.0. The molecule has 1 aromatic rings. The van der Waals surface area contributed by atoms with Crippen molar-refractivity contribution in [2.24, 2.45) is 5.41 Å². The van der Waals surface area contributed by atoms with Crippen LogP contribution < -0.4 is 16.0 Å². The van der Waals surface area contributed by atoms with Crippen LogP contribution in [0.1, 0.15) is 30.1 Å². The number of benzene rings is 1. The fourth-order valence-electron chi connectivity index (χ4n) is 2.58. The number of hydrogen-bond donors (Lipinski definition) is 3. The Morgan fingerprint density at radius 3 is 2.76 bits per heavy atom. The molecule has 1 fully saturated rings. The molecule has 0 bridgehead atoms. The van der Waals surface area contributed by atoms with Crippen molar-refractivity contribution < 1.29 is 9.59 Å². The summed E-state index contributed by atoms with van der Waals surface area (Å²) in [6, 6.07) is 4.93. The van der Waals surface area contributed by atoms with Gasteiger partial charge in [-0.3, -0.25) is 9.59 Å². The molecule has 0 aliphatic carbocycles. The smallest absolute Gasteiger partial charge is 0.252 e. The van der Waals surface area contributed by atoms with Gasteiger partial charge in [-0.15, -0.1) is 0 Å². The molecule has 1 aliphatic rings. The van der Waals surface area contributed by atoms with E-state index in [0.717, 1.165) is 19.4 Å². The Morgan fingerprint density at radius 1 is 1.43 bits per heavy atom. The van der Waals surface area contributed by atoms with Gasteiger partial charge in [0.05, 0.1) is 16.0 Å². The Kier molecular flexibility index (Phi) is 4.85. The lowest BCUT2D eigenvalue weighted by Gasteiger charge is -2.25. The number of halogens is 1. The molecule has 3 N–H and O–H groups in total. The monoisotopic (exact) mass is 309 g/mol. The zero-order valence-electron chi connectivity index (χ0n) is 12.3. The molecule has 1 unspecified atom stereocenters. The fourth-order valence-corrected chi connectivity index (χ4v) is 2.78. The number of hydrogen-bond acceptors (Lipinski definition) is 3. The Morgan fingerprint density at radius 2 is 2.19 bits per heavy atom. The minimum absolute atomic E-state index is 0.0137. The summed E-state index contributed by atoms with van der Waals surface area (Å²) in [5.41, 5.74) is 0.571. The van der Waals surface area contributed by atoms with Crippen LogP contribution in [0, 0.1) is 5.41 Å². The van der Waals surface area contributed by atoms with Crippen molar-refractivity contribution in [2.75, 3.05) is 25.5 Å². The minimum atomic E-state index is -0.368. The number of nitrogens with one attached hydrogen (secondary N) is 3. The van der Waals surface area contributed by atoms with Crippen LogP contribution >= 0.6 is 11.6 Å². The first kappa shape index (κ1) is 15.8. The summed E-state index contributed by atoms with van der Waals surface area (Å²) in [4.78, 5) is 24.2. The molecule has 1 aliphatic heterocycles. The van der Waals surface area contributed by atoms with Crippen LogP contribution in [0.5, 0.6) is 0 Å². The molecule has 6 heteroatoms. The van der Waals surface area contributed by atoms with Crippen LogP contribution in [-0.2, 0) is 4.79 Å². The largest absolute Gasteiger partial charge is 0.355 e. The Hall–Kier alpha value is -1.59. The van der Waals surface area contributed by atoms with Gasteiger partial charge in [0.15, 0.2) is 0 Å². The molecule has 114 valence electrons. The number of rotatable bonds is 4. The van der Waals surface area contributed by atoms with Crippen LogP contribution in [0.25, 0.3) is 0 Å². The van der Waals surface area contributed by atoms with E-state index in [1.807, 2.05) is 6.92 Å². The van der Waals surface area contributed by atoms with E-state index in [1.54, 1.807) is 25.2 Å². The maximum atomic E-state index is 12.5. The van der Waals surface area contributed by atoms with E-state index in [-0.39, 0.29) is 17.2 Å². The summed E-state index contributed by atoms with van der Waals surface area (Å²) in [5, 5.41) is 9.03. The van der Waals surface area contributed by atoms with Crippen molar-refractivity contribution in [3.8, 4) is 0 Å². The van der Waals surface area contributed by atoms with Gasteiger partial charge in [0, 0.05) is 19.3 Å². The third-order valence-electron chi connectivity index (χ3n) is 4.10. The molecule has 5 nitrogen and oxygen atoms in total. The summed E-state index contributed by atoms with van der Waals surface area (Å²) in [6.45, 7) is 3.56. The summed E-state index contributed by atoms with van der Waals surface area (Å²) in [6.07, 6.45) is 1.60. The quantitative estimate of drug-likeness (QED) is 0.797. The predicted octanol–water partition coefficient (Wildman–Crippen LogP) is 2.03. The average molecular weight is 310 g/mol. The highest BCUT2D eigenvalue weighted by molar-refractivity contribution is 6.34. The van der Waals surface area contributed by atoms with Gasteiger partial charge >= 0.3 is 0 Å². The van der Waals surface area contributed by atoms with E-state index in [2.05, 4.69) is 16.0 Å². The first-order valence-electron chi connectivity index (χ1n) is 7.06. The third-order valence-corrected chi connectivity index (χ3v) is 4.43. The maximum Gasteiger partial charge on any atom is 0.252 e. The van der Waals surface area contributed by atoms with E-state index >= 15 is 0 Å². The van der Waals surface area contributed by atoms with E-state index in [4.69, 9.17) is 11.6 Å². The maximum absolute atomic E-state index is 12.5. The Balaban J connectivity index is 2.20. The molecule has 2 amide bonds. The van der Waals surface area contributed by atoms with Crippen LogP contribution in [0.3, 0.4) is 0 Å². The Labute approximate surface area is 129 Å². The van der Waals surface area contributed by atoms with E-state index < -0.39 is 0 Å². The van der Waals surface area contributed by atoms with Crippen LogP contribution in [-0.4, -0.2) is 32.0 Å². The molecule has 2 rings (SSSR count). The van der Waals surface area contributed by atoms with E-state index in [1.165, 1.54) is 0 Å². The second-order valence-electron chi connectivity index (χ2n) is 5.29. The molecule has 0 spiro atoms. The molecule has 1 saturated heterocycles. The topological polar surface area (TPSA) is 70.2 Å². The van der Waals surface area contributed by atoms with Gasteiger partial charge in [0.25, 0.3) is 5.91 Å². The van der Waals surface area contributed by atoms with Gasteiger partial charge < -0.3 is 16.0 Å². The van der Waals surface area contributed by atoms with Crippen molar-refractivity contribution in [2.45, 2.75) is 19.8 Å². The molecule has 1 atom stereocenters. The van der Waals surface area contributed by atoms with Crippen molar-refractivity contribution >= 4 is 29.1 Å². The molecular formula is C15H20ClN3O2. The van der Waals surface area contributed by atoms with Gasteiger partial charge in [-0.1, -0.05) is 18.5 Å². The summed E-state index contributed by atoms with van der Waals surface area (Å²) < 4.78 is 0. The molecule has 0 aromatic heterocycles. The summed E-state index contributed by atoms with van der Waals surface area (Å²) in [7, 11) is 1.54. The van der Waals surface area contributed by atoms with Crippen LogP contribution in [0.15, 0.2) is 18.2 Å². The summed E-state index contributed by atoms with van der Waals surface area (Å²) >= 11 is 6.00. The van der Waals surface area contributed by atoms with Crippen molar-refractivity contribution in [1.29, 1.82) is 0 Å².